The summed E-state index contributed by atoms with van der Waals surface area (Å²) in [6.07, 6.45) is 2.69. The lowest BCUT2D eigenvalue weighted by Crippen LogP contribution is -2.42. The molecule has 0 spiro atoms. The molecule has 20 heavy (non-hydrogen) atoms. The number of nitrogens with one attached hydrogen (secondary N) is 1. The van der Waals surface area contributed by atoms with Crippen molar-refractivity contribution in [3.63, 3.8) is 0 Å². The highest BCUT2D eigenvalue weighted by Gasteiger charge is 2.35. The molecule has 2 unspecified atom stereocenters. The molecule has 3 N–H and O–H groups in total. The minimum absolute atomic E-state index is 0.0261. The van der Waals surface area contributed by atoms with Gasteiger partial charge in [-0.25, -0.2) is 0 Å². The summed E-state index contributed by atoms with van der Waals surface area (Å²) in [7, 11) is 3.95. The first-order chi connectivity index (χ1) is 9.47. The Bertz CT molecular complexity index is 368. The van der Waals surface area contributed by atoms with Crippen LogP contribution in [0.4, 0.5) is 0 Å². The third kappa shape index (κ3) is 4.18. The standard InChI is InChI=1S/C14H26N4O2/c1-17(2)5-6-18-9-11(7-13(18)19)14(20)16-8-12(15)10-3-4-10/h10-12H,3-9,15H2,1-2H3,(H,16,20). The van der Waals surface area contributed by atoms with Crippen LogP contribution in [0.1, 0.15) is 19.3 Å². The minimum Gasteiger partial charge on any atom is -0.354 e. The molecule has 0 aromatic carbocycles. The number of likely N-dealkylation sites (tertiary alicyclic amines) is 1. The number of hydrogen-bond donors (Lipinski definition) is 2. The monoisotopic (exact) mass is 282 g/mol. The van der Waals surface area contributed by atoms with Crippen LogP contribution in [0.15, 0.2) is 0 Å². The largest absolute Gasteiger partial charge is 0.354 e. The molecule has 114 valence electrons. The maximum atomic E-state index is 12.1. The summed E-state index contributed by atoms with van der Waals surface area (Å²) in [6, 6.07) is 0.0703. The fourth-order valence-electron chi connectivity index (χ4n) is 2.54. The molecule has 1 heterocycles. The second-order valence-corrected chi connectivity index (χ2v) is 6.29. The van der Waals surface area contributed by atoms with Crippen LogP contribution in [0.5, 0.6) is 0 Å². The van der Waals surface area contributed by atoms with E-state index in [1.54, 1.807) is 4.90 Å². The fourth-order valence-corrected chi connectivity index (χ4v) is 2.54. The number of nitrogens with zero attached hydrogens (tertiary/aromatic N) is 2. The number of carbonyl (C=O) groups is 2. The van der Waals surface area contributed by atoms with E-state index >= 15 is 0 Å². The lowest BCUT2D eigenvalue weighted by molar-refractivity contribution is -0.129. The molecule has 2 aliphatic rings. The molecule has 0 aromatic rings. The van der Waals surface area contributed by atoms with Gasteiger partial charge in [0.1, 0.15) is 0 Å². The molecule has 1 aliphatic carbocycles. The Hall–Kier alpha value is -1.14. The molecule has 0 radical (unpaired) electrons. The zero-order valence-electron chi connectivity index (χ0n) is 12.5. The van der Waals surface area contributed by atoms with Gasteiger partial charge in [-0.05, 0) is 32.9 Å². The van der Waals surface area contributed by atoms with E-state index in [1.165, 1.54) is 12.8 Å². The lowest BCUT2D eigenvalue weighted by Gasteiger charge is -2.19. The van der Waals surface area contributed by atoms with Crippen LogP contribution >= 0.6 is 0 Å². The molecule has 2 amide bonds. The van der Waals surface area contributed by atoms with Crippen LogP contribution in [0.3, 0.4) is 0 Å². The molecule has 1 saturated heterocycles. The third-order valence-corrected chi connectivity index (χ3v) is 4.14. The minimum atomic E-state index is -0.212. The van der Waals surface area contributed by atoms with Crippen LogP contribution in [-0.4, -0.2) is 67.9 Å². The van der Waals surface area contributed by atoms with Crippen LogP contribution in [-0.2, 0) is 9.59 Å². The fraction of sp³-hybridized carbons (Fsp3) is 0.857. The summed E-state index contributed by atoms with van der Waals surface area (Å²) in [5.41, 5.74) is 5.96. The van der Waals surface area contributed by atoms with Crippen molar-refractivity contribution in [1.82, 2.24) is 15.1 Å². The van der Waals surface area contributed by atoms with Crippen molar-refractivity contribution >= 4 is 11.8 Å². The summed E-state index contributed by atoms with van der Waals surface area (Å²) < 4.78 is 0. The number of carbonyl (C=O) groups excluding carboxylic acids is 2. The van der Waals surface area contributed by atoms with E-state index in [-0.39, 0.29) is 23.8 Å². The Kier molecular flexibility index (Phi) is 4.99. The quantitative estimate of drug-likeness (QED) is 0.644. The second-order valence-electron chi connectivity index (χ2n) is 6.29. The van der Waals surface area contributed by atoms with Gasteiger partial charge in [-0.2, -0.15) is 0 Å². The lowest BCUT2D eigenvalue weighted by atomic mass is 10.1. The van der Waals surface area contributed by atoms with Crippen molar-refractivity contribution < 1.29 is 9.59 Å². The van der Waals surface area contributed by atoms with E-state index in [2.05, 4.69) is 5.32 Å². The number of likely N-dealkylation sites (N-methyl/N-ethyl adjacent to an activating group) is 1. The molecule has 1 saturated carbocycles. The first-order valence-corrected chi connectivity index (χ1v) is 7.43. The zero-order chi connectivity index (χ0) is 14.7. The first-order valence-electron chi connectivity index (χ1n) is 7.43. The van der Waals surface area contributed by atoms with Crippen molar-refractivity contribution in [3.8, 4) is 0 Å². The molecule has 2 rings (SSSR count). The SMILES string of the molecule is CN(C)CCN1CC(C(=O)NCC(N)C2CC2)CC1=O. The van der Waals surface area contributed by atoms with Crippen LogP contribution in [0, 0.1) is 11.8 Å². The normalized spacial score (nSPS) is 24.3. The Morgan fingerprint density at radius 1 is 1.50 bits per heavy atom. The molecule has 0 aromatic heterocycles. The third-order valence-electron chi connectivity index (χ3n) is 4.14. The summed E-state index contributed by atoms with van der Waals surface area (Å²) in [5, 5.41) is 2.90. The number of hydrogen-bond acceptors (Lipinski definition) is 4. The van der Waals surface area contributed by atoms with Crippen molar-refractivity contribution in [3.05, 3.63) is 0 Å². The van der Waals surface area contributed by atoms with Gasteiger partial charge in [0.2, 0.25) is 11.8 Å². The molecule has 2 fully saturated rings. The van der Waals surface area contributed by atoms with Gasteiger partial charge in [0.15, 0.2) is 0 Å². The number of rotatable bonds is 7. The number of nitrogens with two attached hydrogens (primary N) is 1. The van der Waals surface area contributed by atoms with Gasteiger partial charge in [0, 0.05) is 38.6 Å². The second kappa shape index (κ2) is 6.54. The maximum absolute atomic E-state index is 12.1. The van der Waals surface area contributed by atoms with Crippen molar-refractivity contribution in [2.45, 2.75) is 25.3 Å². The molecule has 6 heteroatoms. The average molecular weight is 282 g/mol. The van der Waals surface area contributed by atoms with Gasteiger partial charge in [0.05, 0.1) is 5.92 Å². The van der Waals surface area contributed by atoms with Crippen molar-refractivity contribution in [2.24, 2.45) is 17.6 Å². The molecule has 2 atom stereocenters. The Balaban J connectivity index is 1.72. The van der Waals surface area contributed by atoms with Gasteiger partial charge in [-0.3, -0.25) is 9.59 Å². The highest BCUT2D eigenvalue weighted by atomic mass is 16.2. The zero-order valence-corrected chi connectivity index (χ0v) is 12.5. The smallest absolute Gasteiger partial charge is 0.225 e. The molecule has 6 nitrogen and oxygen atoms in total. The average Bonchev–Trinajstić information content (AvgIpc) is 3.17. The van der Waals surface area contributed by atoms with E-state index in [4.69, 9.17) is 5.73 Å². The van der Waals surface area contributed by atoms with E-state index in [0.717, 1.165) is 6.54 Å². The van der Waals surface area contributed by atoms with Gasteiger partial charge in [-0.1, -0.05) is 0 Å². The van der Waals surface area contributed by atoms with E-state index in [1.807, 2.05) is 19.0 Å². The summed E-state index contributed by atoms with van der Waals surface area (Å²) >= 11 is 0. The predicted octanol–water partition coefficient (Wildman–Crippen LogP) is -0.750. The van der Waals surface area contributed by atoms with E-state index in [9.17, 15) is 9.59 Å². The molecular formula is C14H26N4O2. The Morgan fingerprint density at radius 2 is 2.20 bits per heavy atom. The molecule has 0 bridgehead atoms. The summed E-state index contributed by atoms with van der Waals surface area (Å²) in [5.74, 6) is 0.424. The summed E-state index contributed by atoms with van der Waals surface area (Å²) in [6.45, 7) is 2.59. The topological polar surface area (TPSA) is 78.7 Å². The maximum Gasteiger partial charge on any atom is 0.225 e. The highest BCUT2D eigenvalue weighted by Crippen LogP contribution is 2.31. The molecule has 1 aliphatic heterocycles. The van der Waals surface area contributed by atoms with Crippen LogP contribution in [0.25, 0.3) is 0 Å². The van der Waals surface area contributed by atoms with Gasteiger partial charge in [-0.15, -0.1) is 0 Å². The predicted molar refractivity (Wildman–Crippen MR) is 77.0 cm³/mol. The van der Waals surface area contributed by atoms with Gasteiger partial charge >= 0.3 is 0 Å². The van der Waals surface area contributed by atoms with E-state index in [0.29, 0.717) is 32.0 Å². The Labute approximate surface area is 120 Å². The highest BCUT2D eigenvalue weighted by molar-refractivity contribution is 5.89. The van der Waals surface area contributed by atoms with Crippen LogP contribution < -0.4 is 11.1 Å². The van der Waals surface area contributed by atoms with Crippen LogP contribution in [0.2, 0.25) is 0 Å². The summed E-state index contributed by atoms with van der Waals surface area (Å²) in [4.78, 5) is 27.7. The van der Waals surface area contributed by atoms with Gasteiger partial charge in [0.25, 0.3) is 0 Å². The van der Waals surface area contributed by atoms with Crippen molar-refractivity contribution in [2.75, 3.05) is 40.3 Å². The molecular weight excluding hydrogens is 256 g/mol. The number of amides is 2. The Morgan fingerprint density at radius 3 is 2.80 bits per heavy atom. The van der Waals surface area contributed by atoms with Gasteiger partial charge < -0.3 is 20.9 Å². The van der Waals surface area contributed by atoms with E-state index < -0.39 is 0 Å². The van der Waals surface area contributed by atoms with Crippen molar-refractivity contribution in [1.29, 1.82) is 0 Å². The first kappa shape index (κ1) is 15.3.